The highest BCUT2D eigenvalue weighted by molar-refractivity contribution is 6.05. The van der Waals surface area contributed by atoms with Gasteiger partial charge in [-0.15, -0.1) is 0 Å². The number of imidazole rings is 1. The summed E-state index contributed by atoms with van der Waals surface area (Å²) < 4.78 is 11.1. The van der Waals surface area contributed by atoms with E-state index >= 15 is 0 Å². The zero-order valence-electron chi connectivity index (χ0n) is 15.0. The summed E-state index contributed by atoms with van der Waals surface area (Å²) in [4.78, 5) is 40.5. The second kappa shape index (κ2) is 7.28. The van der Waals surface area contributed by atoms with Crippen molar-refractivity contribution in [3.05, 3.63) is 65.1 Å². The van der Waals surface area contributed by atoms with Crippen molar-refractivity contribution >= 4 is 29.2 Å². The molecule has 0 spiro atoms. The third-order valence-electron chi connectivity index (χ3n) is 3.88. The molecule has 3 rings (SSSR count). The Bertz CT molecular complexity index is 1020. The topological polar surface area (TPSA) is 99.0 Å². The molecule has 0 aliphatic rings. The Balaban J connectivity index is 1.93. The van der Waals surface area contributed by atoms with E-state index in [0.29, 0.717) is 5.65 Å². The van der Waals surface area contributed by atoms with E-state index in [2.05, 4.69) is 19.8 Å². The minimum Gasteiger partial charge on any atom is -0.465 e. The smallest absolute Gasteiger partial charge is 0.337 e. The lowest BCUT2D eigenvalue weighted by Gasteiger charge is -2.08. The highest BCUT2D eigenvalue weighted by atomic mass is 16.5. The Morgan fingerprint density at radius 1 is 1.00 bits per heavy atom. The van der Waals surface area contributed by atoms with Crippen molar-refractivity contribution in [2.45, 2.75) is 6.92 Å². The van der Waals surface area contributed by atoms with E-state index in [-0.39, 0.29) is 22.5 Å². The highest BCUT2D eigenvalue weighted by Crippen LogP contribution is 2.18. The summed E-state index contributed by atoms with van der Waals surface area (Å²) in [7, 11) is 2.45. The van der Waals surface area contributed by atoms with Crippen LogP contribution in [-0.2, 0) is 9.47 Å². The van der Waals surface area contributed by atoms with Crippen molar-refractivity contribution in [1.82, 2.24) is 9.38 Å². The molecule has 0 unspecified atom stereocenters. The maximum atomic E-state index is 12.6. The van der Waals surface area contributed by atoms with Gasteiger partial charge in [0.15, 0.2) is 0 Å². The van der Waals surface area contributed by atoms with Gasteiger partial charge in [0.25, 0.3) is 5.91 Å². The van der Waals surface area contributed by atoms with Gasteiger partial charge in [-0.3, -0.25) is 4.79 Å². The van der Waals surface area contributed by atoms with Crippen LogP contribution in [0.2, 0.25) is 0 Å². The zero-order valence-corrected chi connectivity index (χ0v) is 15.0. The van der Waals surface area contributed by atoms with Crippen LogP contribution in [0.3, 0.4) is 0 Å². The van der Waals surface area contributed by atoms with Gasteiger partial charge in [0, 0.05) is 18.1 Å². The molecule has 0 atom stereocenters. The number of aromatic nitrogens is 2. The molecule has 0 fully saturated rings. The van der Waals surface area contributed by atoms with Crippen LogP contribution in [0.4, 0.5) is 5.69 Å². The van der Waals surface area contributed by atoms with Gasteiger partial charge in [0.1, 0.15) is 11.3 Å². The third kappa shape index (κ3) is 3.79. The van der Waals surface area contributed by atoms with Gasteiger partial charge in [-0.2, -0.15) is 0 Å². The molecule has 0 saturated heterocycles. The fourth-order valence-corrected chi connectivity index (χ4v) is 2.56. The number of amides is 1. The Labute approximate surface area is 154 Å². The van der Waals surface area contributed by atoms with Crippen molar-refractivity contribution in [2.24, 2.45) is 0 Å². The summed E-state index contributed by atoms with van der Waals surface area (Å²) in [6, 6.07) is 7.91. The van der Waals surface area contributed by atoms with Crippen molar-refractivity contribution < 1.29 is 23.9 Å². The lowest BCUT2D eigenvalue weighted by Crippen LogP contribution is -2.14. The van der Waals surface area contributed by atoms with Gasteiger partial charge in [-0.1, -0.05) is 0 Å². The predicted octanol–water partition coefficient (Wildman–Crippen LogP) is 2.47. The summed E-state index contributed by atoms with van der Waals surface area (Å²) in [5.41, 5.74) is 2.33. The number of carbonyl (C=O) groups is 3. The monoisotopic (exact) mass is 367 g/mol. The van der Waals surface area contributed by atoms with Gasteiger partial charge in [-0.25, -0.2) is 14.6 Å². The number of anilines is 1. The number of aryl methyl sites for hydroxylation is 1. The van der Waals surface area contributed by atoms with E-state index in [9.17, 15) is 14.4 Å². The van der Waals surface area contributed by atoms with Crippen LogP contribution < -0.4 is 5.32 Å². The molecule has 0 aliphatic heterocycles. The summed E-state index contributed by atoms with van der Waals surface area (Å²) in [5.74, 6) is -1.76. The number of hydrogen-bond acceptors (Lipinski definition) is 6. The maximum absolute atomic E-state index is 12.6. The number of pyridine rings is 1. The first-order valence-corrected chi connectivity index (χ1v) is 7.99. The predicted molar refractivity (Wildman–Crippen MR) is 97.0 cm³/mol. The molecule has 2 aromatic heterocycles. The summed E-state index contributed by atoms with van der Waals surface area (Å²) in [6.07, 6.45) is 3.40. The Hall–Kier alpha value is -3.68. The van der Waals surface area contributed by atoms with E-state index in [0.717, 1.165) is 5.56 Å². The first-order valence-electron chi connectivity index (χ1n) is 7.99. The van der Waals surface area contributed by atoms with Crippen molar-refractivity contribution in [1.29, 1.82) is 0 Å². The normalized spacial score (nSPS) is 10.5. The number of ether oxygens (including phenoxy) is 2. The number of nitrogens with one attached hydrogen (secondary N) is 1. The molecule has 0 saturated carbocycles. The van der Waals surface area contributed by atoms with Gasteiger partial charge < -0.3 is 19.2 Å². The molecular formula is C19H17N3O5. The summed E-state index contributed by atoms with van der Waals surface area (Å²) in [6.45, 7) is 1.93. The van der Waals surface area contributed by atoms with Crippen LogP contribution >= 0.6 is 0 Å². The molecule has 138 valence electrons. The summed E-state index contributed by atoms with van der Waals surface area (Å²) in [5, 5.41) is 2.64. The third-order valence-corrected chi connectivity index (χ3v) is 3.88. The van der Waals surface area contributed by atoms with E-state index in [1.54, 1.807) is 10.6 Å². The van der Waals surface area contributed by atoms with E-state index in [1.165, 1.54) is 32.4 Å². The molecule has 1 amide bonds. The number of benzene rings is 1. The maximum Gasteiger partial charge on any atom is 0.337 e. The number of hydrogen-bond donors (Lipinski definition) is 1. The van der Waals surface area contributed by atoms with E-state index in [1.807, 2.05) is 25.3 Å². The quantitative estimate of drug-likeness (QED) is 0.711. The minimum absolute atomic E-state index is 0.112. The molecule has 3 aromatic rings. The number of esters is 2. The van der Waals surface area contributed by atoms with Crippen molar-refractivity contribution in [2.75, 3.05) is 19.5 Å². The second-order valence-corrected chi connectivity index (χ2v) is 5.83. The first kappa shape index (κ1) is 18.1. The lowest BCUT2D eigenvalue weighted by atomic mass is 10.1. The summed E-state index contributed by atoms with van der Waals surface area (Å²) >= 11 is 0. The lowest BCUT2D eigenvalue weighted by molar-refractivity contribution is 0.0599. The van der Waals surface area contributed by atoms with E-state index in [4.69, 9.17) is 0 Å². The molecule has 27 heavy (non-hydrogen) atoms. The number of rotatable bonds is 4. The molecular weight excluding hydrogens is 350 g/mol. The van der Waals surface area contributed by atoms with Gasteiger partial charge in [-0.05, 0) is 42.8 Å². The fraction of sp³-hybridized carbons (Fsp3) is 0.158. The first-order chi connectivity index (χ1) is 12.9. The molecule has 2 heterocycles. The molecule has 8 nitrogen and oxygen atoms in total. The average molecular weight is 367 g/mol. The highest BCUT2D eigenvalue weighted by Gasteiger charge is 2.17. The fourth-order valence-electron chi connectivity index (χ4n) is 2.56. The standard InChI is InChI=1S/C19H17N3O5/c1-11-4-5-22-10-15(21-16(22)6-11)17(23)20-14-8-12(18(24)26-2)7-13(9-14)19(25)27-3/h4-10H,1-3H3,(H,20,23). The Morgan fingerprint density at radius 3 is 2.22 bits per heavy atom. The van der Waals surface area contributed by atoms with Crippen molar-refractivity contribution in [3.63, 3.8) is 0 Å². The second-order valence-electron chi connectivity index (χ2n) is 5.83. The molecule has 1 N–H and O–H groups in total. The van der Waals surface area contributed by atoms with Gasteiger partial charge in [0.2, 0.25) is 0 Å². The molecule has 0 bridgehead atoms. The SMILES string of the molecule is COC(=O)c1cc(NC(=O)c2cn3ccc(C)cc3n2)cc(C(=O)OC)c1. The Kier molecular flexibility index (Phi) is 4.89. The van der Waals surface area contributed by atoms with E-state index < -0.39 is 17.8 Å². The molecule has 8 heteroatoms. The Morgan fingerprint density at radius 2 is 1.63 bits per heavy atom. The zero-order chi connectivity index (χ0) is 19.6. The van der Waals surface area contributed by atoms with Crippen LogP contribution in [0.15, 0.2) is 42.7 Å². The minimum atomic E-state index is -0.639. The van der Waals surface area contributed by atoms with Gasteiger partial charge in [0.05, 0.1) is 25.3 Å². The van der Waals surface area contributed by atoms with Crippen LogP contribution in [0.25, 0.3) is 5.65 Å². The molecule has 0 radical (unpaired) electrons. The van der Waals surface area contributed by atoms with Crippen LogP contribution in [-0.4, -0.2) is 41.5 Å². The van der Waals surface area contributed by atoms with Crippen LogP contribution in [0, 0.1) is 6.92 Å². The van der Waals surface area contributed by atoms with Crippen molar-refractivity contribution in [3.8, 4) is 0 Å². The molecule has 1 aromatic carbocycles. The number of carbonyl (C=O) groups excluding carboxylic acids is 3. The molecule has 0 aliphatic carbocycles. The number of nitrogens with zero attached hydrogens (tertiary/aromatic N) is 2. The average Bonchev–Trinajstić information content (AvgIpc) is 3.09. The van der Waals surface area contributed by atoms with Crippen LogP contribution in [0.1, 0.15) is 36.8 Å². The number of fused-ring (bicyclic) bond motifs is 1. The van der Waals surface area contributed by atoms with Crippen LogP contribution in [0.5, 0.6) is 0 Å². The largest absolute Gasteiger partial charge is 0.465 e. The number of methoxy groups -OCH3 is 2. The van der Waals surface area contributed by atoms with Gasteiger partial charge >= 0.3 is 11.9 Å².